The minimum absolute atomic E-state index is 0.558. The minimum atomic E-state index is -1.59. The average Bonchev–Trinajstić information content (AvgIpc) is 2.43. The van der Waals surface area contributed by atoms with Gasteiger partial charge >= 0.3 is 12.1 Å². The van der Waals surface area contributed by atoms with Crippen molar-refractivity contribution < 1.29 is 23.5 Å². The molecule has 0 radical (unpaired) electrons. The van der Waals surface area contributed by atoms with E-state index in [1.807, 2.05) is 12.1 Å². The van der Waals surface area contributed by atoms with Crippen molar-refractivity contribution in [2.45, 2.75) is 58.8 Å². The van der Waals surface area contributed by atoms with Gasteiger partial charge in [0.25, 0.3) is 0 Å². The van der Waals surface area contributed by atoms with Crippen LogP contribution in [0.15, 0.2) is 30.1 Å². The van der Waals surface area contributed by atoms with Crippen LogP contribution in [-0.2, 0) is 14.3 Å². The Morgan fingerprint density at radius 3 is 2.00 bits per heavy atom. The number of carbonyl (C=O) groups is 2. The van der Waals surface area contributed by atoms with Crippen molar-refractivity contribution in [1.29, 1.82) is 0 Å². The first kappa shape index (κ1) is 22.4. The third-order valence-corrected chi connectivity index (χ3v) is 3.47. The number of rotatable bonds is 4. The Bertz CT molecular complexity index is 672. The second kappa shape index (κ2) is 8.83. The fourth-order valence-corrected chi connectivity index (χ4v) is 2.19. The number of amides is 1. The molecule has 0 heterocycles. The average molecular weight is 477 g/mol. The second-order valence-corrected chi connectivity index (χ2v) is 8.94. The second-order valence-electron chi connectivity index (χ2n) is 7.69. The van der Waals surface area contributed by atoms with Gasteiger partial charge in [-0.05, 0) is 87.9 Å². The van der Waals surface area contributed by atoms with Crippen LogP contribution < -0.4 is 5.32 Å². The third-order valence-electron chi connectivity index (χ3n) is 2.75. The van der Waals surface area contributed by atoms with Crippen molar-refractivity contribution in [2.75, 3.05) is 0 Å². The van der Waals surface area contributed by atoms with Crippen LogP contribution in [0.2, 0.25) is 0 Å². The van der Waals surface area contributed by atoms with Crippen LogP contribution in [0, 0.1) is 3.57 Å². The summed E-state index contributed by atoms with van der Waals surface area (Å²) in [5, 5.41) is 2.25. The predicted octanol–water partition coefficient (Wildman–Crippen LogP) is 4.84. The molecule has 0 aliphatic carbocycles. The summed E-state index contributed by atoms with van der Waals surface area (Å²) in [5.74, 6) is -1.74. The molecular weight excluding hydrogens is 452 g/mol. The van der Waals surface area contributed by atoms with Gasteiger partial charge in [-0.2, -0.15) is 0 Å². The summed E-state index contributed by atoms with van der Waals surface area (Å²) in [6.07, 6.45) is 0.279. The van der Waals surface area contributed by atoms with Gasteiger partial charge in [0.05, 0.1) is 0 Å². The standard InChI is InChI=1S/C19H25FINO4/c1-18(2,3)25-16(23)15(22-17(24)26-19(4,5)6)14(20)11-12-7-9-13(21)10-8-12/h7-11,15H,1-6H3,(H,22,24)/b14-11-. The van der Waals surface area contributed by atoms with Gasteiger partial charge in [-0.15, -0.1) is 0 Å². The molecule has 1 aromatic rings. The number of hydrogen-bond donors (Lipinski definition) is 1. The number of ether oxygens (including phenoxy) is 2. The lowest BCUT2D eigenvalue weighted by atomic mass is 10.1. The summed E-state index contributed by atoms with van der Waals surface area (Å²) in [4.78, 5) is 24.4. The lowest BCUT2D eigenvalue weighted by Crippen LogP contribution is -2.46. The zero-order chi connectivity index (χ0) is 20.1. The van der Waals surface area contributed by atoms with Crippen LogP contribution in [0.3, 0.4) is 0 Å². The molecule has 5 nitrogen and oxygen atoms in total. The van der Waals surface area contributed by atoms with Crippen LogP contribution in [0.1, 0.15) is 47.1 Å². The summed E-state index contributed by atoms with van der Waals surface area (Å²) in [6, 6.07) is 5.44. The quantitative estimate of drug-likeness (QED) is 0.498. The normalized spacial score (nSPS) is 13.8. The van der Waals surface area contributed by atoms with Crippen molar-refractivity contribution in [2.24, 2.45) is 0 Å². The largest absolute Gasteiger partial charge is 0.458 e. The molecule has 1 rings (SSSR count). The third kappa shape index (κ3) is 8.64. The molecule has 0 spiro atoms. The molecule has 0 aliphatic rings. The molecule has 1 unspecified atom stereocenters. The van der Waals surface area contributed by atoms with Crippen molar-refractivity contribution in [3.63, 3.8) is 0 Å². The van der Waals surface area contributed by atoms with Crippen molar-refractivity contribution in [3.8, 4) is 0 Å². The minimum Gasteiger partial charge on any atom is -0.458 e. The monoisotopic (exact) mass is 477 g/mol. The SMILES string of the molecule is CC(C)(C)OC(=O)NC(C(=O)OC(C)(C)C)/C(F)=C/c1ccc(I)cc1. The van der Waals surface area contributed by atoms with Crippen LogP contribution in [0.5, 0.6) is 0 Å². The highest BCUT2D eigenvalue weighted by Crippen LogP contribution is 2.18. The summed E-state index contributed by atoms with van der Waals surface area (Å²) in [6.45, 7) is 10.0. The van der Waals surface area contributed by atoms with Gasteiger partial charge in [0.2, 0.25) is 0 Å². The molecule has 0 aromatic heterocycles. The Kier molecular flexibility index (Phi) is 7.61. The van der Waals surface area contributed by atoms with E-state index < -0.39 is 35.1 Å². The highest BCUT2D eigenvalue weighted by atomic mass is 127. The lowest BCUT2D eigenvalue weighted by molar-refractivity contribution is -0.156. The van der Waals surface area contributed by atoms with Gasteiger partial charge in [0, 0.05) is 3.57 Å². The van der Waals surface area contributed by atoms with Gasteiger partial charge < -0.3 is 14.8 Å². The number of nitrogens with one attached hydrogen (secondary N) is 1. The number of esters is 1. The van der Waals surface area contributed by atoms with E-state index in [1.165, 1.54) is 6.08 Å². The van der Waals surface area contributed by atoms with Gasteiger partial charge in [-0.3, -0.25) is 0 Å². The van der Waals surface area contributed by atoms with Gasteiger partial charge in [0.1, 0.15) is 17.0 Å². The molecule has 1 aromatic carbocycles. The van der Waals surface area contributed by atoms with E-state index in [0.29, 0.717) is 5.56 Å². The molecule has 26 heavy (non-hydrogen) atoms. The molecule has 0 fully saturated rings. The molecule has 1 atom stereocenters. The Morgan fingerprint density at radius 1 is 1.04 bits per heavy atom. The fraction of sp³-hybridized carbons (Fsp3) is 0.474. The number of hydrogen-bond acceptors (Lipinski definition) is 4. The Balaban J connectivity index is 3.07. The van der Waals surface area contributed by atoms with E-state index >= 15 is 0 Å². The van der Waals surface area contributed by atoms with Crippen LogP contribution in [0.4, 0.5) is 9.18 Å². The maximum atomic E-state index is 14.8. The van der Waals surface area contributed by atoms with Gasteiger partial charge in [-0.25, -0.2) is 14.0 Å². The number of carbonyl (C=O) groups excluding carboxylic acids is 2. The molecule has 0 saturated carbocycles. The van der Waals surface area contributed by atoms with E-state index in [4.69, 9.17) is 9.47 Å². The zero-order valence-electron chi connectivity index (χ0n) is 15.9. The molecule has 7 heteroatoms. The maximum absolute atomic E-state index is 14.8. The first-order chi connectivity index (χ1) is 11.8. The van der Waals surface area contributed by atoms with E-state index in [1.54, 1.807) is 53.7 Å². The lowest BCUT2D eigenvalue weighted by Gasteiger charge is -2.25. The molecule has 1 N–H and O–H groups in total. The first-order valence-electron chi connectivity index (χ1n) is 8.12. The van der Waals surface area contributed by atoms with Crippen molar-refractivity contribution >= 4 is 40.7 Å². The van der Waals surface area contributed by atoms with Crippen molar-refractivity contribution in [1.82, 2.24) is 5.32 Å². The zero-order valence-corrected chi connectivity index (χ0v) is 18.0. The van der Waals surface area contributed by atoms with E-state index in [-0.39, 0.29) is 0 Å². The summed E-state index contributed by atoms with van der Waals surface area (Å²) in [7, 11) is 0. The van der Waals surface area contributed by atoms with Crippen LogP contribution in [0.25, 0.3) is 6.08 Å². The number of benzene rings is 1. The summed E-state index contributed by atoms with van der Waals surface area (Å²) >= 11 is 2.14. The van der Waals surface area contributed by atoms with E-state index in [0.717, 1.165) is 3.57 Å². The molecule has 144 valence electrons. The topological polar surface area (TPSA) is 64.6 Å². The Labute approximate surface area is 167 Å². The molecule has 0 aliphatic heterocycles. The number of alkyl carbamates (subject to hydrolysis) is 1. The molecular formula is C19H25FINO4. The summed E-state index contributed by atoms with van der Waals surface area (Å²) in [5.41, 5.74) is -1.05. The van der Waals surface area contributed by atoms with Gasteiger partial charge in [0.15, 0.2) is 6.04 Å². The molecule has 0 bridgehead atoms. The highest BCUT2D eigenvalue weighted by Gasteiger charge is 2.32. The smallest absolute Gasteiger partial charge is 0.408 e. The van der Waals surface area contributed by atoms with Gasteiger partial charge in [-0.1, -0.05) is 12.1 Å². The fourth-order valence-electron chi connectivity index (χ4n) is 1.83. The molecule has 1 amide bonds. The first-order valence-corrected chi connectivity index (χ1v) is 9.20. The maximum Gasteiger partial charge on any atom is 0.408 e. The predicted molar refractivity (Wildman–Crippen MR) is 107 cm³/mol. The highest BCUT2D eigenvalue weighted by molar-refractivity contribution is 14.1. The van der Waals surface area contributed by atoms with Crippen LogP contribution >= 0.6 is 22.6 Å². The van der Waals surface area contributed by atoms with Crippen molar-refractivity contribution in [3.05, 3.63) is 39.2 Å². The molecule has 0 saturated heterocycles. The van der Waals surface area contributed by atoms with E-state index in [2.05, 4.69) is 27.9 Å². The number of halogens is 2. The Morgan fingerprint density at radius 2 is 1.54 bits per heavy atom. The van der Waals surface area contributed by atoms with E-state index in [9.17, 15) is 14.0 Å². The summed E-state index contributed by atoms with van der Waals surface area (Å²) < 4.78 is 26.1. The van der Waals surface area contributed by atoms with Crippen LogP contribution in [-0.4, -0.2) is 29.3 Å². The Hall–Kier alpha value is -1.64.